The number of rotatable bonds is 1. The monoisotopic (exact) mass is 127 g/mol. The van der Waals surface area contributed by atoms with Crippen LogP contribution in [-0.4, -0.2) is 7.05 Å². The van der Waals surface area contributed by atoms with E-state index >= 15 is 0 Å². The summed E-state index contributed by atoms with van der Waals surface area (Å²) in [5.74, 6) is 0. The first kappa shape index (κ1) is 5.63. The highest BCUT2D eigenvalue weighted by Crippen LogP contribution is 2.19. The van der Waals surface area contributed by atoms with Crippen molar-refractivity contribution in [3.05, 3.63) is 17.0 Å². The van der Waals surface area contributed by atoms with Crippen molar-refractivity contribution in [2.24, 2.45) is 0 Å². The van der Waals surface area contributed by atoms with Crippen molar-refractivity contribution < 1.29 is 0 Å². The molecule has 0 radical (unpaired) electrons. The van der Waals surface area contributed by atoms with Gasteiger partial charge in [0.05, 0.1) is 5.00 Å². The van der Waals surface area contributed by atoms with E-state index in [0.717, 1.165) is 0 Å². The standard InChI is InChI=1S/C6H9NS/c1-5-3-4-6(7-2)8-5/h3-4,7H,1-2H3. The van der Waals surface area contributed by atoms with Gasteiger partial charge in [-0.2, -0.15) is 0 Å². The molecule has 8 heavy (non-hydrogen) atoms. The molecule has 0 saturated heterocycles. The van der Waals surface area contributed by atoms with Gasteiger partial charge in [0.1, 0.15) is 0 Å². The van der Waals surface area contributed by atoms with E-state index < -0.39 is 0 Å². The van der Waals surface area contributed by atoms with Crippen LogP contribution in [0.3, 0.4) is 0 Å². The van der Waals surface area contributed by atoms with E-state index in [-0.39, 0.29) is 0 Å². The van der Waals surface area contributed by atoms with Gasteiger partial charge in [-0.05, 0) is 19.1 Å². The number of aryl methyl sites for hydroxylation is 1. The molecule has 0 bridgehead atoms. The van der Waals surface area contributed by atoms with Gasteiger partial charge < -0.3 is 5.32 Å². The highest BCUT2D eigenvalue weighted by molar-refractivity contribution is 7.15. The van der Waals surface area contributed by atoms with Crippen molar-refractivity contribution in [1.82, 2.24) is 0 Å². The lowest BCUT2D eigenvalue weighted by molar-refractivity contribution is 1.59. The predicted octanol–water partition coefficient (Wildman–Crippen LogP) is 2.10. The van der Waals surface area contributed by atoms with Gasteiger partial charge in [-0.3, -0.25) is 0 Å². The van der Waals surface area contributed by atoms with Crippen LogP contribution >= 0.6 is 11.3 Å². The second-order valence-corrected chi connectivity index (χ2v) is 2.95. The van der Waals surface area contributed by atoms with Crippen LogP contribution in [0.5, 0.6) is 0 Å². The third-order valence-electron chi connectivity index (χ3n) is 0.987. The van der Waals surface area contributed by atoms with E-state index in [9.17, 15) is 0 Å². The molecule has 44 valence electrons. The zero-order chi connectivity index (χ0) is 5.98. The van der Waals surface area contributed by atoms with Crippen LogP contribution < -0.4 is 5.32 Å². The van der Waals surface area contributed by atoms with E-state index in [2.05, 4.69) is 24.4 Å². The Kier molecular flexibility index (Phi) is 1.53. The first-order valence-electron chi connectivity index (χ1n) is 2.57. The Labute approximate surface area is 53.4 Å². The van der Waals surface area contributed by atoms with Crippen LogP contribution in [0.15, 0.2) is 12.1 Å². The first-order chi connectivity index (χ1) is 3.83. The van der Waals surface area contributed by atoms with Crippen molar-refractivity contribution >= 4 is 16.3 Å². The quantitative estimate of drug-likeness (QED) is 0.609. The molecule has 0 unspecified atom stereocenters. The molecule has 1 nitrogen and oxygen atoms in total. The molecule has 1 heterocycles. The van der Waals surface area contributed by atoms with Crippen LogP contribution in [-0.2, 0) is 0 Å². The van der Waals surface area contributed by atoms with E-state index in [1.165, 1.54) is 9.88 Å². The molecule has 0 amide bonds. The fourth-order valence-electron chi connectivity index (χ4n) is 0.569. The molecule has 0 aliphatic carbocycles. The second kappa shape index (κ2) is 2.18. The average molecular weight is 127 g/mol. The third kappa shape index (κ3) is 1.01. The van der Waals surface area contributed by atoms with E-state index in [0.29, 0.717) is 0 Å². The fraction of sp³-hybridized carbons (Fsp3) is 0.333. The molecule has 0 spiro atoms. The van der Waals surface area contributed by atoms with Crippen LogP contribution in [0, 0.1) is 6.92 Å². The summed E-state index contributed by atoms with van der Waals surface area (Å²) in [5.41, 5.74) is 0. The molecule has 1 rings (SSSR count). The first-order valence-corrected chi connectivity index (χ1v) is 3.39. The van der Waals surface area contributed by atoms with Gasteiger partial charge in [-0.1, -0.05) is 0 Å². The van der Waals surface area contributed by atoms with E-state index in [4.69, 9.17) is 0 Å². The molecule has 1 aromatic heterocycles. The number of nitrogens with one attached hydrogen (secondary N) is 1. The van der Waals surface area contributed by atoms with Gasteiger partial charge in [0, 0.05) is 11.9 Å². The molecular weight excluding hydrogens is 118 g/mol. The maximum atomic E-state index is 3.07. The Balaban J connectivity index is 2.84. The molecule has 0 aromatic carbocycles. The largest absolute Gasteiger partial charge is 0.380 e. The molecule has 2 heteroatoms. The minimum absolute atomic E-state index is 1.24. The van der Waals surface area contributed by atoms with Gasteiger partial charge >= 0.3 is 0 Å². The third-order valence-corrected chi connectivity index (χ3v) is 2.00. The lowest BCUT2D eigenvalue weighted by Gasteiger charge is -1.86. The van der Waals surface area contributed by atoms with E-state index in [1.54, 1.807) is 11.3 Å². The number of hydrogen-bond acceptors (Lipinski definition) is 2. The van der Waals surface area contributed by atoms with Crippen LogP contribution in [0.1, 0.15) is 4.88 Å². The predicted molar refractivity (Wildman–Crippen MR) is 38.6 cm³/mol. The smallest absolute Gasteiger partial charge is 0.0882 e. The lowest BCUT2D eigenvalue weighted by atomic mass is 10.5. The summed E-state index contributed by atoms with van der Waals surface area (Å²) < 4.78 is 0. The fourth-order valence-corrected chi connectivity index (χ4v) is 1.29. The Morgan fingerprint density at radius 3 is 2.50 bits per heavy atom. The zero-order valence-electron chi connectivity index (χ0n) is 5.06. The summed E-state index contributed by atoms with van der Waals surface area (Å²) in [6.45, 7) is 2.10. The molecular formula is C6H9NS. The maximum Gasteiger partial charge on any atom is 0.0882 e. The van der Waals surface area contributed by atoms with Crippen molar-refractivity contribution in [2.75, 3.05) is 12.4 Å². The molecule has 0 aliphatic heterocycles. The Bertz CT molecular complexity index is 169. The van der Waals surface area contributed by atoms with Crippen molar-refractivity contribution in [3.63, 3.8) is 0 Å². The molecule has 1 aromatic rings. The van der Waals surface area contributed by atoms with Gasteiger partial charge in [0.25, 0.3) is 0 Å². The Hall–Kier alpha value is -0.500. The summed E-state index contributed by atoms with van der Waals surface area (Å²) in [4.78, 5) is 1.36. The molecule has 0 saturated carbocycles. The van der Waals surface area contributed by atoms with Gasteiger partial charge in [0.15, 0.2) is 0 Å². The minimum Gasteiger partial charge on any atom is -0.380 e. The van der Waals surface area contributed by atoms with Gasteiger partial charge in [0.2, 0.25) is 0 Å². The van der Waals surface area contributed by atoms with E-state index in [1.807, 2.05) is 7.05 Å². The van der Waals surface area contributed by atoms with Gasteiger partial charge in [-0.15, -0.1) is 11.3 Å². The molecule has 0 aliphatic rings. The van der Waals surface area contributed by atoms with Crippen molar-refractivity contribution in [3.8, 4) is 0 Å². The highest BCUT2D eigenvalue weighted by Gasteiger charge is 1.88. The summed E-state index contributed by atoms with van der Waals surface area (Å²) in [6, 6.07) is 4.19. The lowest BCUT2D eigenvalue weighted by Crippen LogP contribution is -1.79. The topological polar surface area (TPSA) is 12.0 Å². The summed E-state index contributed by atoms with van der Waals surface area (Å²) in [5, 5.41) is 4.30. The van der Waals surface area contributed by atoms with Gasteiger partial charge in [-0.25, -0.2) is 0 Å². The number of anilines is 1. The SMILES string of the molecule is CNc1ccc(C)s1. The van der Waals surface area contributed by atoms with Crippen molar-refractivity contribution in [2.45, 2.75) is 6.92 Å². The summed E-state index contributed by atoms with van der Waals surface area (Å²) >= 11 is 1.78. The maximum absolute atomic E-state index is 3.07. The Morgan fingerprint density at radius 1 is 1.50 bits per heavy atom. The Morgan fingerprint density at radius 2 is 2.25 bits per heavy atom. The van der Waals surface area contributed by atoms with Crippen molar-refractivity contribution in [1.29, 1.82) is 0 Å². The van der Waals surface area contributed by atoms with Crippen LogP contribution in [0.2, 0.25) is 0 Å². The summed E-state index contributed by atoms with van der Waals surface area (Å²) in [7, 11) is 1.94. The normalized spacial score (nSPS) is 9.25. The molecule has 0 fully saturated rings. The number of hydrogen-bond donors (Lipinski definition) is 1. The summed E-state index contributed by atoms with van der Waals surface area (Å²) in [6.07, 6.45) is 0. The minimum atomic E-state index is 1.24. The average Bonchev–Trinajstić information content (AvgIpc) is 2.14. The van der Waals surface area contributed by atoms with Crippen LogP contribution in [0.4, 0.5) is 5.00 Å². The highest BCUT2D eigenvalue weighted by atomic mass is 32.1. The second-order valence-electron chi connectivity index (χ2n) is 1.66. The zero-order valence-corrected chi connectivity index (χ0v) is 5.88. The van der Waals surface area contributed by atoms with Crippen LogP contribution in [0.25, 0.3) is 0 Å². The molecule has 0 atom stereocenters. The number of thiophene rings is 1. The molecule has 1 N–H and O–H groups in total.